The number of aromatic hydroxyl groups is 1. The average Bonchev–Trinajstić information content (AvgIpc) is 2.22. The lowest BCUT2D eigenvalue weighted by Crippen LogP contribution is -2.32. The Hall–Kier alpha value is -1.11. The fraction of sp³-hybridized carbons (Fsp3) is 0.500. The Balaban J connectivity index is 2.48. The van der Waals surface area contributed by atoms with Gasteiger partial charge in [0.25, 0.3) is 0 Å². The molecule has 1 aromatic carbocycles. The number of aryl methyl sites for hydroxylation is 1. The van der Waals surface area contributed by atoms with E-state index in [9.17, 15) is 13.5 Å². The van der Waals surface area contributed by atoms with Crippen molar-refractivity contribution >= 4 is 10.0 Å². The van der Waals surface area contributed by atoms with Crippen LogP contribution in [0.3, 0.4) is 0 Å². The molecule has 6 heteroatoms. The Bertz CT molecular complexity index is 500. The van der Waals surface area contributed by atoms with Gasteiger partial charge in [-0.05, 0) is 25.5 Å². The summed E-state index contributed by atoms with van der Waals surface area (Å²) in [6.07, 6.45) is 1.13. The van der Waals surface area contributed by atoms with Crippen LogP contribution in [0.15, 0.2) is 18.2 Å². The first-order chi connectivity index (χ1) is 8.29. The van der Waals surface area contributed by atoms with Crippen LogP contribution in [-0.2, 0) is 10.0 Å². The topological polar surface area (TPSA) is 78.4 Å². The lowest BCUT2D eigenvalue weighted by Gasteiger charge is -2.16. The van der Waals surface area contributed by atoms with E-state index in [1.807, 2.05) is 26.0 Å². The van der Waals surface area contributed by atoms with Crippen molar-refractivity contribution in [3.05, 3.63) is 29.3 Å². The van der Waals surface area contributed by atoms with Gasteiger partial charge in [-0.2, -0.15) is 0 Å². The van der Waals surface area contributed by atoms with E-state index in [2.05, 4.69) is 10.0 Å². The maximum atomic E-state index is 10.9. The van der Waals surface area contributed by atoms with E-state index < -0.39 is 10.0 Å². The number of phenolic OH excluding ortho intramolecular Hbond substituents is 1. The van der Waals surface area contributed by atoms with Crippen LogP contribution < -0.4 is 10.0 Å². The second-order valence-electron chi connectivity index (χ2n) is 4.40. The molecule has 0 aromatic heterocycles. The highest BCUT2D eigenvalue weighted by Crippen LogP contribution is 2.24. The Morgan fingerprint density at radius 3 is 2.56 bits per heavy atom. The number of phenols is 1. The lowest BCUT2D eigenvalue weighted by molar-refractivity contribution is 0.452. The molecule has 0 fully saturated rings. The molecule has 0 saturated heterocycles. The smallest absolute Gasteiger partial charge is 0.208 e. The molecule has 0 amide bonds. The van der Waals surface area contributed by atoms with Crippen molar-refractivity contribution in [2.24, 2.45) is 0 Å². The van der Waals surface area contributed by atoms with Gasteiger partial charge in [-0.15, -0.1) is 0 Å². The summed E-state index contributed by atoms with van der Waals surface area (Å²) in [5, 5.41) is 12.9. The highest BCUT2D eigenvalue weighted by molar-refractivity contribution is 7.88. The highest BCUT2D eigenvalue weighted by atomic mass is 32.2. The minimum absolute atomic E-state index is 0.0352. The molecule has 102 valence electrons. The maximum absolute atomic E-state index is 10.9. The molecule has 0 aliphatic heterocycles. The Kier molecular flexibility index (Phi) is 5.13. The van der Waals surface area contributed by atoms with Gasteiger partial charge in [0.2, 0.25) is 10.0 Å². The molecule has 0 saturated carbocycles. The summed E-state index contributed by atoms with van der Waals surface area (Å²) in [5.74, 6) is 0.256. The van der Waals surface area contributed by atoms with Gasteiger partial charge in [0.15, 0.2) is 0 Å². The Morgan fingerprint density at radius 1 is 1.33 bits per heavy atom. The number of hydrogen-bond acceptors (Lipinski definition) is 4. The fourth-order valence-electron chi connectivity index (χ4n) is 1.65. The molecule has 0 aliphatic rings. The summed E-state index contributed by atoms with van der Waals surface area (Å²) in [7, 11) is -3.14. The molecule has 1 rings (SSSR count). The summed E-state index contributed by atoms with van der Waals surface area (Å²) < 4.78 is 24.1. The van der Waals surface area contributed by atoms with Gasteiger partial charge < -0.3 is 10.4 Å². The van der Waals surface area contributed by atoms with Crippen LogP contribution in [0, 0.1) is 6.92 Å². The van der Waals surface area contributed by atoms with Crippen LogP contribution in [0.25, 0.3) is 0 Å². The van der Waals surface area contributed by atoms with Gasteiger partial charge in [-0.1, -0.05) is 12.1 Å². The summed E-state index contributed by atoms with van der Waals surface area (Å²) in [6, 6.07) is 5.48. The van der Waals surface area contributed by atoms with Gasteiger partial charge in [0.05, 0.1) is 6.26 Å². The third kappa shape index (κ3) is 5.03. The first kappa shape index (κ1) is 14.9. The molecular formula is C12H20N2O3S. The van der Waals surface area contributed by atoms with Crippen molar-refractivity contribution in [2.45, 2.75) is 19.9 Å². The standard InChI is InChI=1S/C12H20N2O3S/c1-9-4-5-11(12(15)8-9)10(2)13-6-7-14-18(3,16)17/h4-5,8,10,13-15H,6-7H2,1-3H3. The van der Waals surface area contributed by atoms with E-state index in [0.717, 1.165) is 17.4 Å². The average molecular weight is 272 g/mol. The van der Waals surface area contributed by atoms with Crippen LogP contribution in [0.2, 0.25) is 0 Å². The van der Waals surface area contributed by atoms with Gasteiger partial charge in [0, 0.05) is 24.7 Å². The molecule has 1 aromatic rings. The third-order valence-electron chi connectivity index (χ3n) is 2.59. The van der Waals surface area contributed by atoms with Crippen LogP contribution in [0.5, 0.6) is 5.75 Å². The molecule has 3 N–H and O–H groups in total. The zero-order chi connectivity index (χ0) is 13.8. The van der Waals surface area contributed by atoms with E-state index in [0.29, 0.717) is 13.1 Å². The number of sulfonamides is 1. The van der Waals surface area contributed by atoms with Gasteiger partial charge in [-0.3, -0.25) is 0 Å². The molecule has 0 aliphatic carbocycles. The van der Waals surface area contributed by atoms with Crippen molar-refractivity contribution in [3.63, 3.8) is 0 Å². The van der Waals surface area contributed by atoms with Crippen molar-refractivity contribution in [1.29, 1.82) is 0 Å². The number of nitrogens with one attached hydrogen (secondary N) is 2. The summed E-state index contributed by atoms with van der Waals surface area (Å²) in [6.45, 7) is 4.67. The lowest BCUT2D eigenvalue weighted by atomic mass is 10.1. The molecule has 1 atom stereocenters. The van der Waals surface area contributed by atoms with Crippen LogP contribution in [-0.4, -0.2) is 32.9 Å². The number of benzene rings is 1. The molecule has 0 heterocycles. The summed E-state index contributed by atoms with van der Waals surface area (Å²) >= 11 is 0. The van der Waals surface area contributed by atoms with Gasteiger partial charge in [0.1, 0.15) is 5.75 Å². The Morgan fingerprint density at radius 2 is 2.00 bits per heavy atom. The van der Waals surface area contributed by atoms with E-state index in [4.69, 9.17) is 0 Å². The Labute approximate surface area is 108 Å². The summed E-state index contributed by atoms with van der Waals surface area (Å²) in [5.41, 5.74) is 1.81. The first-order valence-corrected chi connectivity index (χ1v) is 7.66. The first-order valence-electron chi connectivity index (χ1n) is 5.77. The monoisotopic (exact) mass is 272 g/mol. The van der Waals surface area contributed by atoms with E-state index in [1.165, 1.54) is 0 Å². The SMILES string of the molecule is Cc1ccc(C(C)NCCNS(C)(=O)=O)c(O)c1. The van der Waals surface area contributed by atoms with Crippen LogP contribution in [0.4, 0.5) is 0 Å². The number of hydrogen-bond donors (Lipinski definition) is 3. The minimum atomic E-state index is -3.14. The molecule has 18 heavy (non-hydrogen) atoms. The van der Waals surface area contributed by atoms with Crippen molar-refractivity contribution < 1.29 is 13.5 Å². The van der Waals surface area contributed by atoms with Gasteiger partial charge >= 0.3 is 0 Å². The maximum Gasteiger partial charge on any atom is 0.208 e. The largest absolute Gasteiger partial charge is 0.508 e. The highest BCUT2D eigenvalue weighted by Gasteiger charge is 2.09. The summed E-state index contributed by atoms with van der Waals surface area (Å²) in [4.78, 5) is 0. The predicted molar refractivity (Wildman–Crippen MR) is 72.1 cm³/mol. The zero-order valence-electron chi connectivity index (χ0n) is 10.9. The normalized spacial score (nSPS) is 13.5. The predicted octanol–water partition coefficient (Wildman–Crippen LogP) is 0.900. The van der Waals surface area contributed by atoms with E-state index in [1.54, 1.807) is 6.07 Å². The molecule has 0 radical (unpaired) electrons. The zero-order valence-corrected chi connectivity index (χ0v) is 11.7. The molecule has 5 nitrogen and oxygen atoms in total. The van der Waals surface area contributed by atoms with E-state index in [-0.39, 0.29) is 11.8 Å². The second kappa shape index (κ2) is 6.17. The molecule has 0 spiro atoms. The molecule has 0 bridgehead atoms. The molecular weight excluding hydrogens is 252 g/mol. The van der Waals surface area contributed by atoms with Crippen molar-refractivity contribution in [3.8, 4) is 5.75 Å². The van der Waals surface area contributed by atoms with Crippen molar-refractivity contribution in [1.82, 2.24) is 10.0 Å². The van der Waals surface area contributed by atoms with Crippen molar-refractivity contribution in [2.75, 3.05) is 19.3 Å². The molecule has 1 unspecified atom stereocenters. The number of rotatable bonds is 6. The van der Waals surface area contributed by atoms with E-state index >= 15 is 0 Å². The minimum Gasteiger partial charge on any atom is -0.508 e. The third-order valence-corrected chi connectivity index (χ3v) is 3.32. The second-order valence-corrected chi connectivity index (χ2v) is 6.24. The quantitative estimate of drug-likeness (QED) is 0.672. The fourth-order valence-corrected chi connectivity index (χ4v) is 2.13. The van der Waals surface area contributed by atoms with Crippen LogP contribution >= 0.6 is 0 Å². The van der Waals surface area contributed by atoms with Gasteiger partial charge in [-0.25, -0.2) is 13.1 Å². The van der Waals surface area contributed by atoms with Crippen LogP contribution in [0.1, 0.15) is 24.1 Å².